The number of likely N-dealkylation sites (N-methyl/N-ethyl adjacent to an activating group) is 1. The molecule has 0 unspecified atom stereocenters. The highest BCUT2D eigenvalue weighted by atomic mass is 19.4. The number of rotatable bonds is 13. The van der Waals surface area contributed by atoms with Crippen molar-refractivity contribution in [2.45, 2.75) is 32.1 Å². The summed E-state index contributed by atoms with van der Waals surface area (Å²) in [5.41, 5.74) is 2.45. The van der Waals surface area contributed by atoms with Crippen molar-refractivity contribution in [1.29, 1.82) is 0 Å². The van der Waals surface area contributed by atoms with E-state index < -0.39 is 23.7 Å². The Balaban J connectivity index is 1.64. The smallest absolute Gasteiger partial charge is 0.380 e. The Morgan fingerprint density at radius 1 is 0.956 bits per heavy atom. The number of nitrogens with zero attached hydrogens (tertiary/aromatic N) is 3. The molecular formula is C35H40F3N3O4. The Morgan fingerprint density at radius 2 is 1.62 bits per heavy atom. The first kappa shape index (κ1) is 33.7. The highest BCUT2D eigenvalue weighted by Crippen LogP contribution is 2.29. The second-order valence-corrected chi connectivity index (χ2v) is 10.8. The molecule has 1 heterocycles. The van der Waals surface area contributed by atoms with Gasteiger partial charge in [0.05, 0.1) is 25.4 Å². The van der Waals surface area contributed by atoms with E-state index in [0.717, 1.165) is 42.0 Å². The van der Waals surface area contributed by atoms with E-state index in [-0.39, 0.29) is 18.9 Å². The van der Waals surface area contributed by atoms with Crippen LogP contribution in [-0.2, 0) is 38.2 Å². The second kappa shape index (κ2) is 16.2. The number of amides is 2. The fourth-order valence-electron chi connectivity index (χ4n) is 5.10. The molecule has 240 valence electrons. The van der Waals surface area contributed by atoms with E-state index in [1.807, 2.05) is 61.5 Å². The number of benzene rings is 3. The van der Waals surface area contributed by atoms with Gasteiger partial charge < -0.3 is 24.2 Å². The lowest BCUT2D eigenvalue weighted by molar-refractivity contribution is -0.143. The summed E-state index contributed by atoms with van der Waals surface area (Å²) in [6.45, 7) is 6.19. The molecule has 0 bridgehead atoms. The Kier molecular flexibility index (Phi) is 12.2. The summed E-state index contributed by atoms with van der Waals surface area (Å²) in [6.07, 6.45) is -1.38. The molecule has 3 aromatic carbocycles. The van der Waals surface area contributed by atoms with Crippen LogP contribution in [0.25, 0.3) is 6.08 Å². The number of carbonyl (C=O) groups is 2. The largest absolute Gasteiger partial charge is 0.416 e. The summed E-state index contributed by atoms with van der Waals surface area (Å²) < 4.78 is 50.1. The predicted octanol–water partition coefficient (Wildman–Crippen LogP) is 5.69. The van der Waals surface area contributed by atoms with Crippen molar-refractivity contribution < 1.29 is 32.2 Å². The molecular weight excluding hydrogens is 583 g/mol. The molecule has 0 N–H and O–H groups in total. The van der Waals surface area contributed by atoms with Crippen LogP contribution >= 0.6 is 0 Å². The van der Waals surface area contributed by atoms with E-state index in [9.17, 15) is 22.8 Å². The number of ether oxygens (including phenoxy) is 2. The molecule has 1 aliphatic heterocycles. The summed E-state index contributed by atoms with van der Waals surface area (Å²) in [6, 6.07) is 21.1. The maximum atomic E-state index is 14.0. The maximum absolute atomic E-state index is 14.0. The third-order valence-corrected chi connectivity index (χ3v) is 7.69. The fourth-order valence-corrected chi connectivity index (χ4v) is 5.10. The van der Waals surface area contributed by atoms with Crippen LogP contribution in [-0.4, -0.2) is 80.8 Å². The van der Waals surface area contributed by atoms with Gasteiger partial charge in [0.15, 0.2) is 0 Å². The average Bonchev–Trinajstić information content (AvgIpc) is 3.06. The van der Waals surface area contributed by atoms with E-state index in [0.29, 0.717) is 38.5 Å². The first-order valence-electron chi connectivity index (χ1n) is 15.1. The van der Waals surface area contributed by atoms with Gasteiger partial charge >= 0.3 is 6.18 Å². The van der Waals surface area contributed by atoms with Gasteiger partial charge in [-0.05, 0) is 54.0 Å². The average molecular weight is 624 g/mol. The van der Waals surface area contributed by atoms with E-state index in [4.69, 9.17) is 9.47 Å². The summed E-state index contributed by atoms with van der Waals surface area (Å²) in [7, 11) is 1.69. The standard InChI is InChI=1S/C35H40F3N3O4/c1-3-44-22-19-39(2)34(43)32(25-28-7-5-4-6-8-28)41(26-29-11-16-31(17-12-29)40-20-23-45-24-21-40)33(42)18-13-27-9-14-30(15-10-27)35(36,37)38/h4-18,32H,3,19-26H2,1-2H3/t32-/m0/s1. The maximum Gasteiger partial charge on any atom is 0.416 e. The highest BCUT2D eigenvalue weighted by molar-refractivity contribution is 5.95. The number of alkyl halides is 3. The first-order valence-corrected chi connectivity index (χ1v) is 15.1. The zero-order chi connectivity index (χ0) is 32.2. The van der Waals surface area contributed by atoms with Crippen LogP contribution in [0.1, 0.15) is 29.2 Å². The normalized spacial score (nSPS) is 14.4. The minimum absolute atomic E-state index is 0.155. The van der Waals surface area contributed by atoms with Gasteiger partial charge in [-0.2, -0.15) is 13.2 Å². The Hall–Kier alpha value is -4.15. The zero-order valence-electron chi connectivity index (χ0n) is 25.7. The number of anilines is 1. The van der Waals surface area contributed by atoms with Gasteiger partial charge in [0, 0.05) is 58.0 Å². The molecule has 2 amide bonds. The summed E-state index contributed by atoms with van der Waals surface area (Å²) >= 11 is 0. The molecule has 0 spiro atoms. The highest BCUT2D eigenvalue weighted by Gasteiger charge is 2.32. The molecule has 0 saturated carbocycles. The molecule has 1 saturated heterocycles. The molecule has 3 aromatic rings. The summed E-state index contributed by atoms with van der Waals surface area (Å²) in [4.78, 5) is 33.2. The molecule has 1 fully saturated rings. The van der Waals surface area contributed by atoms with Crippen LogP contribution < -0.4 is 4.90 Å². The van der Waals surface area contributed by atoms with Crippen LogP contribution in [0.5, 0.6) is 0 Å². The number of morpholine rings is 1. The van der Waals surface area contributed by atoms with Crippen molar-refractivity contribution >= 4 is 23.6 Å². The van der Waals surface area contributed by atoms with Gasteiger partial charge in [0.1, 0.15) is 6.04 Å². The number of halogens is 3. The van der Waals surface area contributed by atoms with Gasteiger partial charge in [0.2, 0.25) is 11.8 Å². The molecule has 0 radical (unpaired) electrons. The first-order chi connectivity index (χ1) is 21.7. The molecule has 1 atom stereocenters. The molecule has 1 aliphatic rings. The quantitative estimate of drug-likeness (QED) is 0.181. The van der Waals surface area contributed by atoms with E-state index in [1.165, 1.54) is 29.2 Å². The lowest BCUT2D eigenvalue weighted by Crippen LogP contribution is -2.51. The Labute approximate surface area is 262 Å². The van der Waals surface area contributed by atoms with Crippen molar-refractivity contribution in [1.82, 2.24) is 9.80 Å². The van der Waals surface area contributed by atoms with Crippen molar-refractivity contribution in [2.75, 3.05) is 58.0 Å². The summed E-state index contributed by atoms with van der Waals surface area (Å²) in [5, 5.41) is 0. The third-order valence-electron chi connectivity index (χ3n) is 7.69. The summed E-state index contributed by atoms with van der Waals surface area (Å²) in [5.74, 6) is -0.667. The SMILES string of the molecule is CCOCCN(C)C(=O)[C@H](Cc1ccccc1)N(Cc1ccc(N2CCOCC2)cc1)C(=O)C=Cc1ccc(C(F)(F)F)cc1. The van der Waals surface area contributed by atoms with Gasteiger partial charge in [-0.15, -0.1) is 0 Å². The fraction of sp³-hybridized carbons (Fsp3) is 0.371. The minimum atomic E-state index is -4.45. The van der Waals surface area contributed by atoms with Gasteiger partial charge in [-0.3, -0.25) is 9.59 Å². The molecule has 45 heavy (non-hydrogen) atoms. The van der Waals surface area contributed by atoms with Crippen LogP contribution in [0, 0.1) is 0 Å². The van der Waals surface area contributed by atoms with Crippen LogP contribution in [0.3, 0.4) is 0 Å². The Bertz CT molecular complexity index is 1390. The monoisotopic (exact) mass is 623 g/mol. The Morgan fingerprint density at radius 3 is 2.24 bits per heavy atom. The molecule has 10 heteroatoms. The van der Waals surface area contributed by atoms with Crippen LogP contribution in [0.4, 0.5) is 18.9 Å². The van der Waals surface area contributed by atoms with Crippen molar-refractivity contribution in [3.8, 4) is 0 Å². The van der Waals surface area contributed by atoms with E-state index in [1.54, 1.807) is 11.9 Å². The van der Waals surface area contributed by atoms with E-state index >= 15 is 0 Å². The lowest BCUT2D eigenvalue weighted by Gasteiger charge is -2.33. The van der Waals surface area contributed by atoms with Gasteiger partial charge in [-0.25, -0.2) is 0 Å². The number of hydrogen-bond donors (Lipinski definition) is 0. The zero-order valence-corrected chi connectivity index (χ0v) is 25.7. The molecule has 7 nitrogen and oxygen atoms in total. The minimum Gasteiger partial charge on any atom is -0.380 e. The van der Waals surface area contributed by atoms with Crippen LogP contribution in [0.2, 0.25) is 0 Å². The van der Waals surface area contributed by atoms with Crippen molar-refractivity contribution in [3.05, 3.63) is 107 Å². The van der Waals surface area contributed by atoms with Gasteiger partial charge in [-0.1, -0.05) is 54.6 Å². The lowest BCUT2D eigenvalue weighted by atomic mass is 10.0. The molecule has 0 aliphatic carbocycles. The molecule has 4 rings (SSSR count). The number of carbonyl (C=O) groups excluding carboxylic acids is 2. The number of hydrogen-bond acceptors (Lipinski definition) is 5. The van der Waals surface area contributed by atoms with Crippen molar-refractivity contribution in [3.63, 3.8) is 0 Å². The third kappa shape index (κ3) is 9.92. The molecule has 0 aromatic heterocycles. The topological polar surface area (TPSA) is 62.3 Å². The predicted molar refractivity (Wildman–Crippen MR) is 169 cm³/mol. The second-order valence-electron chi connectivity index (χ2n) is 10.8. The van der Waals surface area contributed by atoms with Gasteiger partial charge in [0.25, 0.3) is 0 Å². The van der Waals surface area contributed by atoms with Crippen molar-refractivity contribution in [2.24, 2.45) is 0 Å². The van der Waals surface area contributed by atoms with E-state index in [2.05, 4.69) is 4.90 Å². The van der Waals surface area contributed by atoms with Crippen LogP contribution in [0.15, 0.2) is 84.9 Å².